The second kappa shape index (κ2) is 11.4. The van der Waals surface area contributed by atoms with Gasteiger partial charge in [0.05, 0.1) is 31.8 Å². The van der Waals surface area contributed by atoms with E-state index in [1.807, 2.05) is 4.98 Å². The lowest BCUT2D eigenvalue weighted by Crippen LogP contribution is -2.34. The molecular formula is C15H25N2O18P3. The molecule has 0 aromatic carbocycles. The Morgan fingerprint density at radius 2 is 1.79 bits per heavy atom. The monoisotopic (exact) mass is 614 g/mol. The SMILES string of the molecule is Cc1cn([C@H]2C[C@H](O)[C@@H](COP(=O)(O[C@]3(O)C[C@H](O)[C@@H](CO)O3)OP(=O)(O)OP(=O)(O)O)O2)c(=O)[nH]c1=O. The van der Waals surface area contributed by atoms with Gasteiger partial charge in [-0.2, -0.15) is 8.62 Å². The number of aryl methyl sites for hydroxylation is 1. The van der Waals surface area contributed by atoms with Crippen LogP contribution in [0.15, 0.2) is 15.8 Å². The molecule has 0 radical (unpaired) electrons. The Hall–Kier alpha value is -1.15. The van der Waals surface area contributed by atoms with Gasteiger partial charge >= 0.3 is 29.2 Å². The number of rotatable bonds is 11. The molecule has 20 nitrogen and oxygen atoms in total. The minimum absolute atomic E-state index is 0.130. The third kappa shape index (κ3) is 7.96. The van der Waals surface area contributed by atoms with Crippen LogP contribution in [-0.2, 0) is 40.8 Å². The van der Waals surface area contributed by atoms with Crippen molar-refractivity contribution in [3.8, 4) is 0 Å². The molecule has 3 heterocycles. The van der Waals surface area contributed by atoms with Crippen LogP contribution in [0, 0.1) is 6.92 Å². The molecule has 2 saturated heterocycles. The highest BCUT2D eigenvalue weighted by Gasteiger charge is 2.54. The maximum Gasteiger partial charge on any atom is 0.490 e. The van der Waals surface area contributed by atoms with Crippen molar-refractivity contribution < 1.29 is 75.9 Å². The average Bonchev–Trinajstić information content (AvgIpc) is 3.24. The van der Waals surface area contributed by atoms with Crippen LogP contribution in [0.25, 0.3) is 0 Å². The van der Waals surface area contributed by atoms with E-state index >= 15 is 0 Å². The van der Waals surface area contributed by atoms with Crippen LogP contribution in [0.1, 0.15) is 24.6 Å². The van der Waals surface area contributed by atoms with Crippen molar-refractivity contribution in [3.05, 3.63) is 32.6 Å². The van der Waals surface area contributed by atoms with Gasteiger partial charge in [-0.25, -0.2) is 23.0 Å². The topological polar surface area (TPSA) is 303 Å². The molecule has 0 bridgehead atoms. The summed E-state index contributed by atoms with van der Waals surface area (Å²) in [6, 6.07) is 0. The summed E-state index contributed by atoms with van der Waals surface area (Å²) < 4.78 is 64.6. The van der Waals surface area contributed by atoms with Gasteiger partial charge in [0, 0.05) is 18.2 Å². The summed E-state index contributed by atoms with van der Waals surface area (Å²) in [5, 5.41) is 39.7. The van der Waals surface area contributed by atoms with E-state index in [0.29, 0.717) is 0 Å². The number of aromatic nitrogens is 2. The lowest BCUT2D eigenvalue weighted by atomic mass is 10.2. The number of nitrogens with one attached hydrogen (secondary N) is 1. The third-order valence-electron chi connectivity index (χ3n) is 5.14. The van der Waals surface area contributed by atoms with E-state index in [9.17, 15) is 43.5 Å². The summed E-state index contributed by atoms with van der Waals surface area (Å²) in [7, 11) is -17.3. The zero-order chi connectivity index (χ0) is 28.7. The summed E-state index contributed by atoms with van der Waals surface area (Å²) in [5.74, 6) is -3.07. The molecule has 23 heteroatoms. The van der Waals surface area contributed by atoms with Gasteiger partial charge in [0.25, 0.3) is 11.5 Å². The molecule has 38 heavy (non-hydrogen) atoms. The molecule has 2 aliphatic heterocycles. The van der Waals surface area contributed by atoms with Crippen molar-refractivity contribution in [2.24, 2.45) is 0 Å². The van der Waals surface area contributed by atoms with Crippen molar-refractivity contribution in [1.29, 1.82) is 0 Å². The molecule has 2 aliphatic rings. The second-order valence-corrected chi connectivity index (χ2v) is 12.8. The van der Waals surface area contributed by atoms with Gasteiger partial charge in [0.15, 0.2) is 0 Å². The number of H-pyrrole nitrogens is 1. The van der Waals surface area contributed by atoms with E-state index in [2.05, 4.69) is 13.1 Å². The van der Waals surface area contributed by atoms with Crippen LogP contribution in [0.3, 0.4) is 0 Å². The highest BCUT2D eigenvalue weighted by Crippen LogP contribution is 2.69. The normalized spacial score (nSPS) is 33.2. The zero-order valence-electron chi connectivity index (χ0n) is 19.2. The first-order valence-electron chi connectivity index (χ1n) is 10.5. The average molecular weight is 614 g/mol. The maximum atomic E-state index is 13.2. The zero-order valence-corrected chi connectivity index (χ0v) is 21.9. The first kappa shape index (κ1) is 31.4. The van der Waals surface area contributed by atoms with Crippen LogP contribution in [0.5, 0.6) is 0 Å². The molecule has 8 atom stereocenters. The van der Waals surface area contributed by atoms with Gasteiger partial charge in [0.1, 0.15) is 18.4 Å². The van der Waals surface area contributed by atoms with Gasteiger partial charge in [0.2, 0.25) is 0 Å². The molecule has 0 amide bonds. The highest BCUT2D eigenvalue weighted by molar-refractivity contribution is 7.66. The summed E-state index contributed by atoms with van der Waals surface area (Å²) >= 11 is 0. The van der Waals surface area contributed by atoms with E-state index in [0.717, 1.165) is 10.8 Å². The fourth-order valence-electron chi connectivity index (χ4n) is 3.49. The highest BCUT2D eigenvalue weighted by atomic mass is 31.3. The van der Waals surface area contributed by atoms with Crippen LogP contribution in [-0.4, -0.2) is 88.3 Å². The molecule has 8 N–H and O–H groups in total. The summed E-state index contributed by atoms with van der Waals surface area (Å²) in [6.45, 7) is -0.470. The molecule has 1 aromatic heterocycles. The number of aliphatic hydroxyl groups excluding tert-OH is 3. The van der Waals surface area contributed by atoms with Crippen LogP contribution >= 0.6 is 23.5 Å². The van der Waals surface area contributed by atoms with E-state index in [4.69, 9.17) is 28.9 Å². The van der Waals surface area contributed by atoms with E-state index in [-0.39, 0.29) is 12.0 Å². The molecule has 0 aliphatic carbocycles. The number of phosphoric acid groups is 3. The number of nitrogens with zero attached hydrogens (tertiary/aromatic N) is 1. The molecular weight excluding hydrogens is 589 g/mol. The van der Waals surface area contributed by atoms with Gasteiger partial charge in [-0.05, 0) is 6.92 Å². The van der Waals surface area contributed by atoms with Gasteiger partial charge < -0.3 is 44.6 Å². The number of aromatic amines is 1. The second-order valence-electron chi connectivity index (χ2n) is 8.19. The fourth-order valence-corrected chi connectivity index (χ4v) is 7.14. The van der Waals surface area contributed by atoms with Crippen molar-refractivity contribution >= 4 is 23.5 Å². The van der Waals surface area contributed by atoms with Crippen molar-refractivity contribution in [3.63, 3.8) is 0 Å². The Balaban J connectivity index is 1.80. The molecule has 0 saturated carbocycles. The minimum Gasteiger partial charge on any atom is -0.394 e. The molecule has 1 aromatic rings. The Morgan fingerprint density at radius 3 is 2.37 bits per heavy atom. The summed E-state index contributed by atoms with van der Waals surface area (Å²) in [6.07, 6.45) is -7.14. The van der Waals surface area contributed by atoms with Gasteiger partial charge in [-0.1, -0.05) is 0 Å². The Kier molecular flexibility index (Phi) is 9.40. The van der Waals surface area contributed by atoms with Crippen molar-refractivity contribution in [2.45, 2.75) is 56.4 Å². The van der Waals surface area contributed by atoms with Crippen molar-refractivity contribution in [2.75, 3.05) is 13.2 Å². The van der Waals surface area contributed by atoms with Crippen LogP contribution in [0.2, 0.25) is 0 Å². The van der Waals surface area contributed by atoms with Crippen LogP contribution < -0.4 is 11.2 Å². The Bertz CT molecular complexity index is 1280. The third-order valence-corrected chi connectivity index (χ3v) is 9.41. The first-order chi connectivity index (χ1) is 17.3. The van der Waals surface area contributed by atoms with Gasteiger partial charge in [-0.3, -0.25) is 18.9 Å². The molecule has 2 unspecified atom stereocenters. The van der Waals surface area contributed by atoms with Crippen molar-refractivity contribution in [1.82, 2.24) is 9.55 Å². The predicted molar refractivity (Wildman–Crippen MR) is 117 cm³/mol. The number of aliphatic hydroxyl groups is 4. The van der Waals surface area contributed by atoms with E-state index < -0.39 is 91.0 Å². The Labute approximate surface area is 211 Å². The first-order valence-corrected chi connectivity index (χ1v) is 14.9. The number of ether oxygens (including phenoxy) is 2. The number of phosphoric ester groups is 1. The predicted octanol–water partition coefficient (Wildman–Crippen LogP) is -2.35. The van der Waals surface area contributed by atoms with E-state index in [1.165, 1.54) is 6.92 Å². The number of hydrogen-bond acceptors (Lipinski definition) is 15. The lowest BCUT2D eigenvalue weighted by molar-refractivity contribution is -0.316. The summed E-state index contributed by atoms with van der Waals surface area (Å²) in [5.41, 5.74) is -1.41. The molecule has 218 valence electrons. The number of hydrogen-bond donors (Lipinski definition) is 8. The maximum absolute atomic E-state index is 13.2. The summed E-state index contributed by atoms with van der Waals surface area (Å²) in [4.78, 5) is 52.9. The molecule has 2 fully saturated rings. The lowest BCUT2D eigenvalue weighted by Gasteiger charge is -2.28. The molecule has 0 spiro atoms. The largest absolute Gasteiger partial charge is 0.490 e. The van der Waals surface area contributed by atoms with Crippen LogP contribution in [0.4, 0.5) is 0 Å². The molecule has 3 rings (SSSR count). The minimum atomic E-state index is -5.95. The Morgan fingerprint density at radius 1 is 1.13 bits per heavy atom. The standard InChI is InChI=1S/C15H25N2O18P3/c1-7-4-17(14(22)16-13(7)21)12-2-8(19)11(31-12)6-30-38(29,35-37(27,28)34-36(24,25)26)33-15(23)3-9(20)10(5-18)32-15/h4,8-12,18-20,23H,2-3,5-6H2,1H3,(H,27,28)(H,16,21,22)(H2,24,25,26)/t8-,9-,10+,11+,12+,15-,38?/m0/s1. The smallest absolute Gasteiger partial charge is 0.394 e. The quantitative estimate of drug-likeness (QED) is 0.0955. The van der Waals surface area contributed by atoms with E-state index in [1.54, 1.807) is 0 Å². The van der Waals surface area contributed by atoms with Gasteiger partial charge in [-0.15, -0.1) is 0 Å². The fraction of sp³-hybridized carbons (Fsp3) is 0.733.